The van der Waals surface area contributed by atoms with Crippen LogP contribution in [0.2, 0.25) is 0 Å². The number of benzene rings is 1. The summed E-state index contributed by atoms with van der Waals surface area (Å²) >= 11 is 0. The molecule has 4 nitrogen and oxygen atoms in total. The van der Waals surface area contributed by atoms with E-state index in [0.29, 0.717) is 16.5 Å². The summed E-state index contributed by atoms with van der Waals surface area (Å²) in [6.45, 7) is 3.09. The molecule has 0 aliphatic heterocycles. The second-order valence-electron chi connectivity index (χ2n) is 5.22. The third kappa shape index (κ3) is 2.65. The van der Waals surface area contributed by atoms with Crippen molar-refractivity contribution < 1.29 is 14.3 Å². The molecule has 0 amide bonds. The van der Waals surface area contributed by atoms with Gasteiger partial charge in [0.2, 0.25) is 0 Å². The summed E-state index contributed by atoms with van der Waals surface area (Å²) in [5, 5.41) is 9.63. The largest absolute Gasteiger partial charge is 0.481 e. The first-order chi connectivity index (χ1) is 8.79. The van der Waals surface area contributed by atoms with Gasteiger partial charge in [0.1, 0.15) is 5.82 Å². The van der Waals surface area contributed by atoms with Gasteiger partial charge in [-0.05, 0) is 44.5 Å². The van der Waals surface area contributed by atoms with Gasteiger partial charge in [-0.2, -0.15) is 0 Å². The minimum absolute atomic E-state index is 0.0874. The van der Waals surface area contributed by atoms with Gasteiger partial charge in [-0.25, -0.2) is 4.39 Å². The molecular weight excluding hydrogens is 249 g/mol. The van der Waals surface area contributed by atoms with Crippen LogP contribution in [0.1, 0.15) is 19.4 Å². The zero-order valence-corrected chi connectivity index (χ0v) is 10.7. The van der Waals surface area contributed by atoms with Crippen molar-refractivity contribution in [1.29, 1.82) is 0 Å². The summed E-state index contributed by atoms with van der Waals surface area (Å²) in [5.41, 5.74) is -0.518. The molecule has 0 aliphatic rings. The van der Waals surface area contributed by atoms with E-state index in [4.69, 9.17) is 5.11 Å². The van der Waals surface area contributed by atoms with Crippen LogP contribution >= 0.6 is 0 Å². The Balaban J connectivity index is 2.52. The highest BCUT2D eigenvalue weighted by molar-refractivity contribution is 5.79. The average Bonchev–Trinajstić information content (AvgIpc) is 2.30. The van der Waals surface area contributed by atoms with Crippen LogP contribution in [0, 0.1) is 11.2 Å². The number of hydrogen-bond donors (Lipinski definition) is 2. The summed E-state index contributed by atoms with van der Waals surface area (Å²) in [4.78, 5) is 25.6. The standard InChI is InChI=1S/C14H14FNO3/c1-14(2,13(18)19)7-9-5-8-6-10(15)3-4-11(8)16-12(9)17/h3-6H,7H2,1-2H3,(H,16,17)(H,18,19). The normalized spacial score (nSPS) is 11.7. The van der Waals surface area contributed by atoms with E-state index in [9.17, 15) is 14.0 Å². The summed E-state index contributed by atoms with van der Waals surface area (Å²) < 4.78 is 13.1. The van der Waals surface area contributed by atoms with Gasteiger partial charge < -0.3 is 10.1 Å². The molecule has 100 valence electrons. The molecule has 0 fully saturated rings. The zero-order chi connectivity index (χ0) is 14.2. The lowest BCUT2D eigenvalue weighted by Crippen LogP contribution is -2.29. The SMILES string of the molecule is CC(C)(Cc1cc2cc(F)ccc2[nH]c1=O)C(=O)O. The van der Waals surface area contributed by atoms with Gasteiger partial charge in [0.05, 0.1) is 5.41 Å². The van der Waals surface area contributed by atoms with Crippen molar-refractivity contribution >= 4 is 16.9 Å². The molecule has 0 aliphatic carbocycles. The Kier molecular flexibility index (Phi) is 3.14. The van der Waals surface area contributed by atoms with E-state index in [1.54, 1.807) is 19.9 Å². The van der Waals surface area contributed by atoms with Crippen LogP contribution in [0.15, 0.2) is 29.1 Å². The number of carboxylic acids is 1. The number of hydrogen-bond acceptors (Lipinski definition) is 2. The first-order valence-corrected chi connectivity index (χ1v) is 5.84. The monoisotopic (exact) mass is 263 g/mol. The van der Waals surface area contributed by atoms with E-state index in [2.05, 4.69) is 4.98 Å². The van der Waals surface area contributed by atoms with E-state index < -0.39 is 17.2 Å². The van der Waals surface area contributed by atoms with Gasteiger partial charge in [-0.3, -0.25) is 9.59 Å². The average molecular weight is 263 g/mol. The molecule has 1 aromatic heterocycles. The lowest BCUT2D eigenvalue weighted by molar-refractivity contribution is -0.146. The fourth-order valence-corrected chi connectivity index (χ4v) is 1.91. The van der Waals surface area contributed by atoms with Crippen LogP contribution < -0.4 is 5.56 Å². The second-order valence-corrected chi connectivity index (χ2v) is 5.22. The molecule has 0 saturated carbocycles. The van der Waals surface area contributed by atoms with Crippen LogP contribution in [0.25, 0.3) is 10.9 Å². The lowest BCUT2D eigenvalue weighted by Gasteiger charge is -2.18. The predicted molar refractivity (Wildman–Crippen MR) is 69.6 cm³/mol. The zero-order valence-electron chi connectivity index (χ0n) is 10.7. The van der Waals surface area contributed by atoms with Crippen molar-refractivity contribution in [2.45, 2.75) is 20.3 Å². The maximum Gasteiger partial charge on any atom is 0.309 e. The molecule has 1 heterocycles. The highest BCUT2D eigenvalue weighted by atomic mass is 19.1. The first kappa shape index (κ1) is 13.3. The molecule has 0 bridgehead atoms. The van der Waals surface area contributed by atoms with E-state index in [0.717, 1.165) is 0 Å². The molecule has 2 N–H and O–H groups in total. The molecule has 5 heteroatoms. The molecule has 2 rings (SSSR count). The Bertz CT molecular complexity index is 703. The topological polar surface area (TPSA) is 70.2 Å². The van der Waals surface area contributed by atoms with Gasteiger partial charge in [0.25, 0.3) is 5.56 Å². The van der Waals surface area contributed by atoms with Gasteiger partial charge in [-0.15, -0.1) is 0 Å². The van der Waals surface area contributed by atoms with Crippen LogP contribution in [0.5, 0.6) is 0 Å². The predicted octanol–water partition coefficient (Wildman–Crippen LogP) is 2.32. The number of nitrogens with one attached hydrogen (secondary N) is 1. The number of pyridine rings is 1. The maximum absolute atomic E-state index is 13.1. The Morgan fingerprint density at radius 2 is 2.05 bits per heavy atom. The van der Waals surface area contributed by atoms with Crippen molar-refractivity contribution in [3.8, 4) is 0 Å². The second kappa shape index (κ2) is 4.50. The van der Waals surface area contributed by atoms with Crippen molar-refractivity contribution in [1.82, 2.24) is 4.98 Å². The maximum atomic E-state index is 13.1. The van der Waals surface area contributed by atoms with Gasteiger partial charge in [0.15, 0.2) is 0 Å². The lowest BCUT2D eigenvalue weighted by atomic mass is 9.86. The smallest absolute Gasteiger partial charge is 0.309 e. The van der Waals surface area contributed by atoms with E-state index in [1.807, 2.05) is 0 Å². The van der Waals surface area contributed by atoms with Crippen molar-refractivity contribution in [2.24, 2.45) is 5.41 Å². The number of halogens is 1. The van der Waals surface area contributed by atoms with Gasteiger partial charge in [-0.1, -0.05) is 0 Å². The van der Waals surface area contributed by atoms with Crippen molar-refractivity contribution in [3.05, 3.63) is 46.0 Å². The van der Waals surface area contributed by atoms with Crippen LogP contribution in [-0.2, 0) is 11.2 Å². The molecule has 1 aromatic carbocycles. The minimum atomic E-state index is -1.05. The number of carboxylic acid groups (broad SMARTS) is 1. The summed E-state index contributed by atoms with van der Waals surface area (Å²) in [6, 6.07) is 5.60. The molecule has 2 aromatic rings. The molecule has 19 heavy (non-hydrogen) atoms. The number of aliphatic carboxylic acids is 1. The molecule has 0 saturated heterocycles. The molecule has 0 atom stereocenters. The van der Waals surface area contributed by atoms with Crippen molar-refractivity contribution in [3.63, 3.8) is 0 Å². The number of fused-ring (bicyclic) bond motifs is 1. The Morgan fingerprint density at radius 1 is 1.37 bits per heavy atom. The number of H-pyrrole nitrogens is 1. The highest BCUT2D eigenvalue weighted by Crippen LogP contribution is 2.22. The van der Waals surface area contributed by atoms with E-state index in [1.165, 1.54) is 18.2 Å². The fraction of sp³-hybridized carbons (Fsp3) is 0.286. The number of carbonyl (C=O) groups is 1. The fourth-order valence-electron chi connectivity index (χ4n) is 1.91. The summed E-state index contributed by atoms with van der Waals surface area (Å²) in [6.07, 6.45) is 0.0874. The Labute approximate surface area is 108 Å². The van der Waals surface area contributed by atoms with Crippen molar-refractivity contribution in [2.75, 3.05) is 0 Å². The summed E-state index contributed by atoms with van der Waals surface area (Å²) in [5.74, 6) is -1.38. The third-order valence-corrected chi connectivity index (χ3v) is 3.09. The summed E-state index contributed by atoms with van der Waals surface area (Å²) in [7, 11) is 0. The van der Waals surface area contributed by atoms with E-state index in [-0.39, 0.29) is 12.0 Å². The number of aromatic nitrogens is 1. The highest BCUT2D eigenvalue weighted by Gasteiger charge is 2.28. The molecule has 0 spiro atoms. The first-order valence-electron chi connectivity index (χ1n) is 5.84. The van der Waals surface area contributed by atoms with Crippen LogP contribution in [-0.4, -0.2) is 16.1 Å². The Hall–Kier alpha value is -2.17. The number of rotatable bonds is 3. The van der Waals surface area contributed by atoms with E-state index >= 15 is 0 Å². The minimum Gasteiger partial charge on any atom is -0.481 e. The Morgan fingerprint density at radius 3 is 2.68 bits per heavy atom. The number of aromatic amines is 1. The molecular formula is C14H14FNO3. The van der Waals surface area contributed by atoms with Gasteiger partial charge >= 0.3 is 5.97 Å². The molecule has 0 unspecified atom stereocenters. The third-order valence-electron chi connectivity index (χ3n) is 3.09. The van der Waals surface area contributed by atoms with Crippen LogP contribution in [0.4, 0.5) is 4.39 Å². The van der Waals surface area contributed by atoms with Crippen LogP contribution in [0.3, 0.4) is 0 Å². The molecule has 0 radical (unpaired) electrons. The van der Waals surface area contributed by atoms with Gasteiger partial charge in [0, 0.05) is 16.5 Å². The quantitative estimate of drug-likeness (QED) is 0.892.